The summed E-state index contributed by atoms with van der Waals surface area (Å²) in [7, 11) is -1.05. The maximum absolute atomic E-state index is 8.06. The van der Waals surface area contributed by atoms with Crippen molar-refractivity contribution in [1.82, 2.24) is 0 Å². The van der Waals surface area contributed by atoms with Crippen LogP contribution in [-0.4, -0.2) is 41.7 Å². The largest absolute Gasteiger partial charge is 0.394 e. The van der Waals surface area contributed by atoms with E-state index in [2.05, 4.69) is 37.8 Å². The first kappa shape index (κ1) is 30.9. The summed E-state index contributed by atoms with van der Waals surface area (Å²) < 4.78 is 0. The maximum Gasteiger partial charge on any atom is 0.0514 e. The summed E-state index contributed by atoms with van der Waals surface area (Å²) in [6.07, 6.45) is -0.500. The van der Waals surface area contributed by atoms with Gasteiger partial charge in [0.1, 0.15) is 0 Å². The number of hydrogen-bond acceptors (Lipinski definition) is 3. The van der Waals surface area contributed by atoms with Gasteiger partial charge in [-0.15, -0.1) is 0 Å². The zero-order valence-corrected chi connectivity index (χ0v) is 18.9. The average molecular weight is 377 g/mol. The van der Waals surface area contributed by atoms with E-state index in [1.807, 2.05) is 12.1 Å². The molecule has 0 fully saturated rings. The molecule has 1 rings (SSSR count). The molecule has 0 bridgehead atoms. The van der Waals surface area contributed by atoms with Gasteiger partial charge in [-0.3, -0.25) is 0 Å². The summed E-state index contributed by atoms with van der Waals surface area (Å²) in [5.74, 6) is 0. The molecular formula is C18H37O3SiTi-. The van der Waals surface area contributed by atoms with Crippen LogP contribution in [0.1, 0.15) is 41.5 Å². The van der Waals surface area contributed by atoms with Crippen LogP contribution in [-0.2, 0) is 21.7 Å². The molecule has 0 saturated carbocycles. The second-order valence-electron chi connectivity index (χ2n) is 6.82. The van der Waals surface area contributed by atoms with Crippen LogP contribution in [0.3, 0.4) is 0 Å². The summed E-state index contributed by atoms with van der Waals surface area (Å²) in [4.78, 5) is 0. The minimum absolute atomic E-state index is 0. The predicted octanol–water partition coefficient (Wildman–Crippen LogP) is 3.19. The van der Waals surface area contributed by atoms with Crippen molar-refractivity contribution in [3.8, 4) is 0 Å². The van der Waals surface area contributed by atoms with E-state index in [4.69, 9.17) is 15.3 Å². The number of hydrogen-bond donors (Lipinski definition) is 3. The smallest absolute Gasteiger partial charge is 0.0514 e. The molecule has 23 heavy (non-hydrogen) atoms. The summed E-state index contributed by atoms with van der Waals surface area (Å²) in [5, 5.41) is 25.7. The Morgan fingerprint density at radius 2 is 0.957 bits per heavy atom. The average Bonchev–Trinajstić information content (AvgIpc) is 2.26. The van der Waals surface area contributed by atoms with E-state index in [1.165, 1.54) is 5.19 Å². The summed E-state index contributed by atoms with van der Waals surface area (Å²) in [6.45, 7) is 17.4. The molecular weight excluding hydrogens is 340 g/mol. The van der Waals surface area contributed by atoms with E-state index in [1.54, 1.807) is 41.5 Å². The molecule has 0 aromatic heterocycles. The van der Waals surface area contributed by atoms with Crippen molar-refractivity contribution in [2.45, 2.75) is 79.5 Å². The Kier molecular flexibility index (Phi) is 24.7. The fourth-order valence-electron chi connectivity index (χ4n) is 0.887. The van der Waals surface area contributed by atoms with Gasteiger partial charge >= 0.3 is 0 Å². The Hall–Kier alpha value is 0.0312. The van der Waals surface area contributed by atoms with Gasteiger partial charge in [0.25, 0.3) is 0 Å². The summed E-state index contributed by atoms with van der Waals surface area (Å²) >= 11 is 0. The molecule has 3 nitrogen and oxygen atoms in total. The van der Waals surface area contributed by atoms with Gasteiger partial charge < -0.3 is 15.3 Å². The molecule has 0 aliphatic rings. The van der Waals surface area contributed by atoms with E-state index in [9.17, 15) is 0 Å². The molecule has 0 aliphatic carbocycles. The Bertz CT molecular complexity index is 300. The standard InChI is InChI=1S/C9H13Si.3C3H8O.Ti/c1-10(2,3)9-7-5-4-6-8-9;3*1-3(2)4;/h5-8H,1-3H3;3*3-4H,1-2H3;/q-1;;;;. The zero-order valence-electron chi connectivity index (χ0n) is 16.4. The third kappa shape index (κ3) is 44.9. The molecule has 0 heterocycles. The Balaban J connectivity index is -0.000000118. The van der Waals surface area contributed by atoms with Crippen LogP contribution >= 0.6 is 0 Å². The van der Waals surface area contributed by atoms with Crippen LogP contribution < -0.4 is 5.19 Å². The van der Waals surface area contributed by atoms with E-state index in [-0.39, 0.29) is 40.0 Å². The van der Waals surface area contributed by atoms with Crippen molar-refractivity contribution in [2.75, 3.05) is 0 Å². The predicted molar refractivity (Wildman–Crippen MR) is 100 cm³/mol. The molecule has 0 unspecified atom stereocenters. The van der Waals surface area contributed by atoms with Crippen molar-refractivity contribution in [3.63, 3.8) is 0 Å². The first-order chi connectivity index (χ1) is 9.80. The quantitative estimate of drug-likeness (QED) is 0.520. The topological polar surface area (TPSA) is 60.7 Å². The van der Waals surface area contributed by atoms with Gasteiger partial charge in [0.05, 0.1) is 8.07 Å². The molecule has 3 N–H and O–H groups in total. The maximum atomic E-state index is 8.06. The van der Waals surface area contributed by atoms with Gasteiger partial charge in [-0.2, -0.15) is 35.5 Å². The minimum Gasteiger partial charge on any atom is -0.394 e. The molecule has 1 aromatic carbocycles. The molecule has 5 heteroatoms. The van der Waals surface area contributed by atoms with E-state index >= 15 is 0 Å². The fraction of sp³-hybridized carbons (Fsp3) is 0.667. The molecule has 136 valence electrons. The zero-order chi connectivity index (χ0) is 18.3. The molecule has 0 amide bonds. The molecule has 0 radical (unpaired) electrons. The van der Waals surface area contributed by atoms with Crippen molar-refractivity contribution in [1.29, 1.82) is 0 Å². The Morgan fingerprint density at radius 3 is 1.09 bits per heavy atom. The van der Waals surface area contributed by atoms with Crippen LogP contribution in [0.25, 0.3) is 0 Å². The number of benzene rings is 1. The summed E-state index contributed by atoms with van der Waals surface area (Å²) in [6, 6.07) is 11.4. The third-order valence-electron chi connectivity index (χ3n) is 1.58. The second kappa shape index (κ2) is 18.4. The van der Waals surface area contributed by atoms with Gasteiger partial charge in [-0.1, -0.05) is 19.6 Å². The van der Waals surface area contributed by atoms with Gasteiger partial charge in [0.2, 0.25) is 0 Å². The normalized spacial score (nSPS) is 9.70. The molecule has 0 spiro atoms. The third-order valence-corrected chi connectivity index (χ3v) is 3.65. The van der Waals surface area contributed by atoms with Gasteiger partial charge in [0, 0.05) is 40.0 Å². The number of aliphatic hydroxyl groups excluding tert-OH is 3. The minimum atomic E-state index is -1.05. The first-order valence-electron chi connectivity index (χ1n) is 7.81. The number of aliphatic hydroxyl groups is 3. The summed E-state index contributed by atoms with van der Waals surface area (Å²) in [5.41, 5.74) is 0. The van der Waals surface area contributed by atoms with Crippen LogP contribution in [0, 0.1) is 6.07 Å². The monoisotopic (exact) mass is 377 g/mol. The van der Waals surface area contributed by atoms with E-state index in [0.29, 0.717) is 0 Å². The van der Waals surface area contributed by atoms with E-state index < -0.39 is 8.07 Å². The Morgan fingerprint density at radius 1 is 0.739 bits per heavy atom. The first-order valence-corrected chi connectivity index (χ1v) is 11.3. The van der Waals surface area contributed by atoms with E-state index in [0.717, 1.165) is 0 Å². The number of rotatable bonds is 1. The SMILES string of the molecule is CC(C)O.CC(C)O.CC(C)O.C[Si](C)(C)c1cc[c-]cc1.[Ti]. The molecule has 0 aliphatic heterocycles. The van der Waals surface area contributed by atoms with Crippen LogP contribution in [0.15, 0.2) is 24.3 Å². The van der Waals surface area contributed by atoms with Gasteiger partial charge in [0.15, 0.2) is 0 Å². The van der Waals surface area contributed by atoms with Crippen molar-refractivity contribution >= 4 is 13.3 Å². The van der Waals surface area contributed by atoms with Crippen LogP contribution in [0.2, 0.25) is 19.6 Å². The Labute approximate surface area is 160 Å². The van der Waals surface area contributed by atoms with Crippen molar-refractivity contribution in [3.05, 3.63) is 30.3 Å². The molecule has 0 atom stereocenters. The molecule has 0 saturated heterocycles. The van der Waals surface area contributed by atoms with Crippen molar-refractivity contribution in [2.24, 2.45) is 0 Å². The van der Waals surface area contributed by atoms with Gasteiger partial charge in [-0.25, -0.2) is 0 Å². The van der Waals surface area contributed by atoms with Gasteiger partial charge in [-0.05, 0) is 41.5 Å². The second-order valence-corrected chi connectivity index (χ2v) is 11.9. The fourth-order valence-corrected chi connectivity index (χ4v) is 2.05. The van der Waals surface area contributed by atoms with Crippen LogP contribution in [0.4, 0.5) is 0 Å². The van der Waals surface area contributed by atoms with Crippen LogP contribution in [0.5, 0.6) is 0 Å². The molecule has 1 aromatic rings. The van der Waals surface area contributed by atoms with Crippen molar-refractivity contribution < 1.29 is 37.0 Å².